The fourth-order valence-electron chi connectivity index (χ4n) is 2.23. The van der Waals surface area contributed by atoms with Crippen LogP contribution in [0, 0.1) is 10.1 Å². The second kappa shape index (κ2) is 12.9. The number of hydrogen-bond donors (Lipinski definition) is 1. The van der Waals surface area contributed by atoms with Crippen LogP contribution in [0.2, 0.25) is 5.02 Å². The predicted octanol–water partition coefficient (Wildman–Crippen LogP) is 1.59. The first-order chi connectivity index (χ1) is 13.1. The zero-order valence-electron chi connectivity index (χ0n) is 16.0. The molecular formula is C15H23ClIN4O7S-. The molecule has 1 aromatic carbocycles. The summed E-state index contributed by atoms with van der Waals surface area (Å²) in [6, 6.07) is 2.87. The van der Waals surface area contributed by atoms with Crippen LogP contribution in [0.3, 0.4) is 0 Å². The van der Waals surface area contributed by atoms with Crippen molar-refractivity contribution < 1.29 is 27.7 Å². The number of rotatable bonds is 8. The van der Waals surface area contributed by atoms with Gasteiger partial charge in [0.1, 0.15) is 11.4 Å². The van der Waals surface area contributed by atoms with Crippen molar-refractivity contribution in [3.8, 4) is 5.75 Å². The molecule has 0 spiro atoms. The summed E-state index contributed by atoms with van der Waals surface area (Å²) < 4.78 is 26.7. The Morgan fingerprint density at radius 2 is 1.97 bits per heavy atom. The van der Waals surface area contributed by atoms with Crippen molar-refractivity contribution in [3.05, 3.63) is 39.7 Å². The molecule has 1 N–H and O–H groups in total. The van der Waals surface area contributed by atoms with Gasteiger partial charge < -0.3 is 29.4 Å². The first-order valence-electron chi connectivity index (χ1n) is 7.97. The molecule has 1 aliphatic rings. The third-order valence-corrected chi connectivity index (χ3v) is 4.01. The highest BCUT2D eigenvalue weighted by atomic mass is 127. The highest BCUT2D eigenvalue weighted by Gasteiger charge is 2.18. The first-order valence-corrected chi connectivity index (χ1v) is 10.2. The molecule has 0 unspecified atom stereocenters. The molecule has 1 heterocycles. The average Bonchev–Trinajstić information content (AvgIpc) is 3.04. The highest BCUT2D eigenvalue weighted by molar-refractivity contribution is 14.0. The van der Waals surface area contributed by atoms with E-state index < -0.39 is 15.0 Å². The van der Waals surface area contributed by atoms with Crippen LogP contribution < -0.4 is 15.3 Å². The van der Waals surface area contributed by atoms with Gasteiger partial charge in [0.2, 0.25) is 0 Å². The van der Waals surface area contributed by atoms with Gasteiger partial charge in [0.05, 0.1) is 30.0 Å². The van der Waals surface area contributed by atoms with E-state index in [4.69, 9.17) is 21.6 Å². The van der Waals surface area contributed by atoms with Crippen LogP contribution in [-0.4, -0.2) is 63.3 Å². The smallest absolute Gasteiger partial charge is 0.294 e. The maximum Gasteiger partial charge on any atom is 0.294 e. The molecule has 0 atom stereocenters. The number of halogens is 2. The Morgan fingerprint density at radius 1 is 1.34 bits per heavy atom. The Bertz CT molecular complexity index is 810. The van der Waals surface area contributed by atoms with Gasteiger partial charge in [-0.2, -0.15) is 0 Å². The number of anilines is 1. The maximum atomic E-state index is 11.1. The Labute approximate surface area is 191 Å². The Balaban J connectivity index is 0.000000981. The molecule has 11 nitrogen and oxygen atoms in total. The summed E-state index contributed by atoms with van der Waals surface area (Å²) in [5.74, 6) is 0.416. The SMILES string of the molecule is COc1cc(NCCCN2C=CN(C)C2)c([N+](=O)[O-])cc1Cl.CS(=O)(=O)O[O-].I. The van der Waals surface area contributed by atoms with Gasteiger partial charge in [-0.15, -0.1) is 24.0 Å². The molecule has 0 radical (unpaired) electrons. The van der Waals surface area contributed by atoms with Crippen molar-refractivity contribution in [1.29, 1.82) is 0 Å². The number of nitro benzene ring substituents is 1. The van der Waals surface area contributed by atoms with Crippen LogP contribution in [0.4, 0.5) is 11.4 Å². The lowest BCUT2D eigenvalue weighted by atomic mass is 10.2. The van der Waals surface area contributed by atoms with Crippen LogP contribution in [-0.2, 0) is 14.5 Å². The molecule has 0 aliphatic carbocycles. The van der Waals surface area contributed by atoms with E-state index in [1.165, 1.54) is 13.2 Å². The minimum Gasteiger partial charge on any atom is -0.707 e. The molecule has 1 aromatic rings. The van der Waals surface area contributed by atoms with Crippen molar-refractivity contribution in [2.75, 3.05) is 45.5 Å². The maximum absolute atomic E-state index is 11.1. The van der Waals surface area contributed by atoms with Gasteiger partial charge in [-0.1, -0.05) is 11.6 Å². The largest absolute Gasteiger partial charge is 0.707 e. The minimum atomic E-state index is -3.72. The van der Waals surface area contributed by atoms with E-state index >= 15 is 0 Å². The summed E-state index contributed by atoms with van der Waals surface area (Å²) in [6.07, 6.45) is 5.59. The van der Waals surface area contributed by atoms with Gasteiger partial charge in [-0.05, 0) is 6.42 Å². The Kier molecular flexibility index (Phi) is 12.2. The quantitative estimate of drug-likeness (QED) is 0.163. The molecule has 0 fully saturated rings. The molecule has 166 valence electrons. The molecule has 0 aromatic heterocycles. The second-order valence-electron chi connectivity index (χ2n) is 5.82. The summed E-state index contributed by atoms with van der Waals surface area (Å²) in [5.41, 5.74) is 0.368. The summed E-state index contributed by atoms with van der Waals surface area (Å²) >= 11 is 5.93. The third kappa shape index (κ3) is 10.2. The van der Waals surface area contributed by atoms with Gasteiger partial charge in [0, 0.05) is 44.7 Å². The number of methoxy groups -OCH3 is 1. The van der Waals surface area contributed by atoms with Crippen LogP contribution in [0.25, 0.3) is 0 Å². The molecule has 1 aliphatic heterocycles. The zero-order valence-corrected chi connectivity index (χ0v) is 19.9. The van der Waals surface area contributed by atoms with Crippen molar-refractivity contribution in [2.45, 2.75) is 6.42 Å². The highest BCUT2D eigenvalue weighted by Crippen LogP contribution is 2.35. The topological polar surface area (TPSA) is 137 Å². The van der Waals surface area contributed by atoms with E-state index in [2.05, 4.69) is 19.5 Å². The van der Waals surface area contributed by atoms with Crippen molar-refractivity contribution >= 4 is 57.1 Å². The van der Waals surface area contributed by atoms with Crippen LogP contribution >= 0.6 is 35.6 Å². The van der Waals surface area contributed by atoms with E-state index in [1.807, 2.05) is 19.4 Å². The van der Waals surface area contributed by atoms with Gasteiger partial charge in [-0.3, -0.25) is 10.1 Å². The first kappa shape index (κ1) is 27.5. The number of hydrogen-bond acceptors (Lipinski definition) is 10. The van der Waals surface area contributed by atoms with Gasteiger partial charge in [0.25, 0.3) is 15.8 Å². The van der Waals surface area contributed by atoms with Gasteiger partial charge in [0.15, 0.2) is 0 Å². The summed E-state index contributed by atoms with van der Waals surface area (Å²) in [5, 5.41) is 23.3. The van der Waals surface area contributed by atoms with E-state index in [9.17, 15) is 18.5 Å². The number of ether oxygens (including phenoxy) is 1. The number of nitrogens with zero attached hydrogens (tertiary/aromatic N) is 3. The number of nitrogens with one attached hydrogen (secondary N) is 1. The fraction of sp³-hybridized carbons (Fsp3) is 0.467. The molecule has 0 saturated carbocycles. The fourth-order valence-corrected chi connectivity index (χ4v) is 2.47. The van der Waals surface area contributed by atoms with E-state index in [0.29, 0.717) is 24.2 Å². The van der Waals surface area contributed by atoms with Crippen molar-refractivity contribution in [1.82, 2.24) is 9.80 Å². The molecular weight excluding hydrogens is 543 g/mol. The van der Waals surface area contributed by atoms with Crippen LogP contribution in [0.1, 0.15) is 6.42 Å². The van der Waals surface area contributed by atoms with Crippen molar-refractivity contribution in [2.24, 2.45) is 0 Å². The van der Waals surface area contributed by atoms with E-state index in [1.54, 1.807) is 6.07 Å². The number of benzene rings is 1. The summed E-state index contributed by atoms with van der Waals surface area (Å²) in [6.45, 7) is 2.38. The standard InChI is InChI=1S/C14H19ClN4O3.CH4O4S.HI/c1-17-6-7-18(10-17)5-3-4-16-12-9-14(22-2)11(15)8-13(12)19(20)21;1-6(3,4)5-2;/h6-9,16H,3-5,10H2,1-2H3;2H,1H3;1H/p-1. The molecule has 2 rings (SSSR count). The summed E-state index contributed by atoms with van der Waals surface area (Å²) in [7, 11) is -0.226. The second-order valence-corrected chi connectivity index (χ2v) is 7.77. The lowest BCUT2D eigenvalue weighted by Gasteiger charge is -2.18. The third-order valence-electron chi connectivity index (χ3n) is 3.46. The molecule has 0 bridgehead atoms. The predicted molar refractivity (Wildman–Crippen MR) is 118 cm³/mol. The molecule has 0 saturated heterocycles. The summed E-state index contributed by atoms with van der Waals surface area (Å²) in [4.78, 5) is 14.9. The Hall–Kier alpha value is -1.55. The molecule has 14 heteroatoms. The average molecular weight is 566 g/mol. The lowest BCUT2D eigenvalue weighted by Crippen LogP contribution is -2.24. The van der Waals surface area contributed by atoms with Crippen LogP contribution in [0.5, 0.6) is 5.75 Å². The van der Waals surface area contributed by atoms with Crippen LogP contribution in [0.15, 0.2) is 24.5 Å². The van der Waals surface area contributed by atoms with Gasteiger partial charge >= 0.3 is 0 Å². The monoisotopic (exact) mass is 565 g/mol. The zero-order chi connectivity index (χ0) is 21.3. The molecule has 29 heavy (non-hydrogen) atoms. The van der Waals surface area contributed by atoms with E-state index in [0.717, 1.165) is 19.6 Å². The molecule has 0 amide bonds. The number of nitro groups is 1. The lowest BCUT2D eigenvalue weighted by molar-refractivity contribution is -0.634. The van der Waals surface area contributed by atoms with Crippen molar-refractivity contribution in [3.63, 3.8) is 0 Å². The minimum absolute atomic E-state index is 0. The van der Waals surface area contributed by atoms with E-state index in [-0.39, 0.29) is 34.7 Å². The Morgan fingerprint density at radius 3 is 2.41 bits per heavy atom. The van der Waals surface area contributed by atoms with Gasteiger partial charge in [-0.25, -0.2) is 8.42 Å². The normalized spacial score (nSPS) is 12.7.